The van der Waals surface area contributed by atoms with Gasteiger partial charge in [-0.15, -0.1) is 0 Å². The van der Waals surface area contributed by atoms with Crippen molar-refractivity contribution in [2.75, 3.05) is 11.9 Å². The number of nitrogens with zero attached hydrogens (tertiary/aromatic N) is 2. The molecule has 1 aromatic heterocycles. The fourth-order valence-corrected chi connectivity index (χ4v) is 1.93. The summed E-state index contributed by atoms with van der Waals surface area (Å²) in [6, 6.07) is 8.57. The van der Waals surface area contributed by atoms with Crippen molar-refractivity contribution in [3.63, 3.8) is 0 Å². The summed E-state index contributed by atoms with van der Waals surface area (Å²) in [5.41, 5.74) is 1.71. The quantitative estimate of drug-likeness (QED) is 0.606. The molecule has 23 heavy (non-hydrogen) atoms. The van der Waals surface area contributed by atoms with Gasteiger partial charge in [0.25, 0.3) is 5.91 Å². The first-order valence-electron chi connectivity index (χ1n) is 7.59. The number of carbonyl (C=O) groups excluding carboxylic acids is 2. The zero-order valence-corrected chi connectivity index (χ0v) is 13.3. The topological polar surface area (TPSA) is 84.0 Å². The van der Waals surface area contributed by atoms with Gasteiger partial charge < -0.3 is 10.6 Å². The highest BCUT2D eigenvalue weighted by molar-refractivity contribution is 5.94. The minimum atomic E-state index is -0.212. The number of rotatable bonds is 7. The molecule has 0 fully saturated rings. The van der Waals surface area contributed by atoms with Gasteiger partial charge in [0.15, 0.2) is 5.78 Å². The lowest BCUT2D eigenvalue weighted by Gasteiger charge is -2.07. The first-order chi connectivity index (χ1) is 11.1. The van der Waals surface area contributed by atoms with Crippen LogP contribution in [0.1, 0.15) is 47.5 Å². The summed E-state index contributed by atoms with van der Waals surface area (Å²) in [4.78, 5) is 31.5. The normalized spacial score (nSPS) is 10.2. The Labute approximate surface area is 135 Å². The maximum absolute atomic E-state index is 12.0. The highest BCUT2D eigenvalue weighted by Crippen LogP contribution is 2.14. The van der Waals surface area contributed by atoms with Crippen LogP contribution >= 0.6 is 0 Å². The Morgan fingerprint density at radius 3 is 2.52 bits per heavy atom. The number of benzene rings is 1. The monoisotopic (exact) mass is 312 g/mol. The summed E-state index contributed by atoms with van der Waals surface area (Å²) < 4.78 is 0. The average Bonchev–Trinajstić information content (AvgIpc) is 2.56. The van der Waals surface area contributed by atoms with Gasteiger partial charge in [-0.3, -0.25) is 9.59 Å². The number of amides is 1. The van der Waals surface area contributed by atoms with Crippen molar-refractivity contribution < 1.29 is 9.59 Å². The lowest BCUT2D eigenvalue weighted by atomic mass is 10.1. The number of carbonyl (C=O) groups is 2. The van der Waals surface area contributed by atoms with E-state index in [4.69, 9.17) is 0 Å². The van der Waals surface area contributed by atoms with E-state index in [2.05, 4.69) is 27.5 Å². The second-order valence-corrected chi connectivity index (χ2v) is 5.13. The number of nitrogens with one attached hydrogen (secondary N) is 2. The van der Waals surface area contributed by atoms with Crippen molar-refractivity contribution in [2.24, 2.45) is 0 Å². The molecule has 0 saturated carbocycles. The van der Waals surface area contributed by atoms with Crippen molar-refractivity contribution in [1.29, 1.82) is 0 Å². The molecule has 0 saturated heterocycles. The van der Waals surface area contributed by atoms with Crippen LogP contribution in [0, 0.1) is 0 Å². The van der Waals surface area contributed by atoms with Crippen LogP contribution < -0.4 is 10.6 Å². The molecule has 0 unspecified atom stereocenters. The smallest absolute Gasteiger partial charge is 0.270 e. The SMILES string of the molecule is CCCCNC(=O)c1ccnc(Nc2ccc(C(C)=O)cc2)n1. The first kappa shape index (κ1) is 16.6. The van der Waals surface area contributed by atoms with E-state index in [0.717, 1.165) is 18.5 Å². The molecule has 2 N–H and O–H groups in total. The second-order valence-electron chi connectivity index (χ2n) is 5.13. The molecule has 0 atom stereocenters. The number of hydrogen-bond donors (Lipinski definition) is 2. The third kappa shape index (κ3) is 4.88. The summed E-state index contributed by atoms with van der Waals surface area (Å²) in [6.45, 7) is 4.22. The molecule has 0 radical (unpaired) electrons. The van der Waals surface area contributed by atoms with Crippen LogP contribution in [0.25, 0.3) is 0 Å². The molecule has 1 aromatic carbocycles. The van der Waals surface area contributed by atoms with E-state index in [1.807, 2.05) is 0 Å². The van der Waals surface area contributed by atoms with E-state index in [-0.39, 0.29) is 11.7 Å². The van der Waals surface area contributed by atoms with Gasteiger partial charge in [0.1, 0.15) is 5.69 Å². The maximum atomic E-state index is 12.0. The van der Waals surface area contributed by atoms with Crippen LogP contribution in [-0.4, -0.2) is 28.2 Å². The predicted octanol–water partition coefficient (Wildman–Crippen LogP) is 2.95. The summed E-state index contributed by atoms with van der Waals surface area (Å²) in [5.74, 6) is 0.137. The molecule has 1 amide bonds. The van der Waals surface area contributed by atoms with Crippen LogP contribution in [0.2, 0.25) is 0 Å². The third-order valence-corrected chi connectivity index (χ3v) is 3.25. The lowest BCUT2D eigenvalue weighted by Crippen LogP contribution is -2.25. The number of hydrogen-bond acceptors (Lipinski definition) is 5. The molecule has 1 heterocycles. The standard InChI is InChI=1S/C17H20N4O2/c1-3-4-10-18-16(23)15-9-11-19-17(21-15)20-14-7-5-13(6-8-14)12(2)22/h5-9,11H,3-4,10H2,1-2H3,(H,18,23)(H,19,20,21). The first-order valence-corrected chi connectivity index (χ1v) is 7.59. The molecular formula is C17H20N4O2. The molecule has 0 bridgehead atoms. The van der Waals surface area contributed by atoms with E-state index < -0.39 is 0 Å². The maximum Gasteiger partial charge on any atom is 0.270 e. The van der Waals surface area contributed by atoms with Crippen molar-refractivity contribution in [3.8, 4) is 0 Å². The van der Waals surface area contributed by atoms with Crippen molar-refractivity contribution in [2.45, 2.75) is 26.7 Å². The summed E-state index contributed by atoms with van der Waals surface area (Å²) in [7, 11) is 0. The van der Waals surface area contributed by atoms with Gasteiger partial charge in [-0.2, -0.15) is 0 Å². The molecule has 6 nitrogen and oxygen atoms in total. The second kappa shape index (κ2) is 8.03. The Balaban J connectivity index is 2.04. The molecule has 120 valence electrons. The minimum Gasteiger partial charge on any atom is -0.351 e. The fourth-order valence-electron chi connectivity index (χ4n) is 1.93. The van der Waals surface area contributed by atoms with Crippen LogP contribution in [0.5, 0.6) is 0 Å². The third-order valence-electron chi connectivity index (χ3n) is 3.25. The average molecular weight is 312 g/mol. The van der Waals surface area contributed by atoms with Crippen molar-refractivity contribution >= 4 is 23.3 Å². The van der Waals surface area contributed by atoms with E-state index in [0.29, 0.717) is 23.8 Å². The number of anilines is 2. The van der Waals surface area contributed by atoms with Gasteiger partial charge >= 0.3 is 0 Å². The number of unbranched alkanes of at least 4 members (excludes halogenated alkanes) is 1. The molecule has 0 aliphatic rings. The minimum absolute atomic E-state index is 0.0125. The van der Waals surface area contributed by atoms with Gasteiger partial charge in [-0.05, 0) is 43.7 Å². The Hall–Kier alpha value is -2.76. The van der Waals surface area contributed by atoms with Gasteiger partial charge in [0.2, 0.25) is 5.95 Å². The van der Waals surface area contributed by atoms with Gasteiger partial charge in [0, 0.05) is 24.0 Å². The van der Waals surface area contributed by atoms with Crippen LogP contribution in [0.3, 0.4) is 0 Å². The van der Waals surface area contributed by atoms with E-state index in [9.17, 15) is 9.59 Å². The molecule has 6 heteroatoms. The lowest BCUT2D eigenvalue weighted by molar-refractivity contribution is 0.0947. The highest BCUT2D eigenvalue weighted by atomic mass is 16.1. The van der Waals surface area contributed by atoms with Crippen molar-refractivity contribution in [3.05, 3.63) is 47.8 Å². The summed E-state index contributed by atoms with van der Waals surface area (Å²) in [5, 5.41) is 5.84. The van der Waals surface area contributed by atoms with Gasteiger partial charge in [-0.25, -0.2) is 9.97 Å². The molecule has 2 rings (SSSR count). The number of ketones is 1. The Morgan fingerprint density at radius 1 is 1.13 bits per heavy atom. The highest BCUT2D eigenvalue weighted by Gasteiger charge is 2.08. The van der Waals surface area contributed by atoms with E-state index in [1.54, 1.807) is 30.3 Å². The fraction of sp³-hybridized carbons (Fsp3) is 0.294. The predicted molar refractivity (Wildman–Crippen MR) is 89.0 cm³/mol. The summed E-state index contributed by atoms with van der Waals surface area (Å²) in [6.07, 6.45) is 3.49. The zero-order valence-electron chi connectivity index (χ0n) is 13.3. The van der Waals surface area contributed by atoms with Gasteiger partial charge in [-0.1, -0.05) is 13.3 Å². The van der Waals surface area contributed by atoms with Crippen LogP contribution in [-0.2, 0) is 0 Å². The molecule has 2 aromatic rings. The molecular weight excluding hydrogens is 292 g/mol. The largest absolute Gasteiger partial charge is 0.351 e. The number of Topliss-reactive ketones (excluding diaryl/α,β-unsaturated/α-hetero) is 1. The van der Waals surface area contributed by atoms with E-state index in [1.165, 1.54) is 13.1 Å². The van der Waals surface area contributed by atoms with Crippen LogP contribution in [0.15, 0.2) is 36.5 Å². The zero-order chi connectivity index (χ0) is 16.7. The van der Waals surface area contributed by atoms with E-state index >= 15 is 0 Å². The Kier molecular flexibility index (Phi) is 5.80. The van der Waals surface area contributed by atoms with Gasteiger partial charge in [0.05, 0.1) is 0 Å². The number of aromatic nitrogens is 2. The molecule has 0 spiro atoms. The summed E-state index contributed by atoms with van der Waals surface area (Å²) >= 11 is 0. The Morgan fingerprint density at radius 2 is 1.87 bits per heavy atom. The molecule has 0 aliphatic heterocycles. The van der Waals surface area contributed by atoms with Crippen LogP contribution in [0.4, 0.5) is 11.6 Å². The Bertz CT molecular complexity index is 683. The van der Waals surface area contributed by atoms with Crippen molar-refractivity contribution in [1.82, 2.24) is 15.3 Å². The molecule has 0 aliphatic carbocycles.